The van der Waals surface area contributed by atoms with E-state index in [1.807, 2.05) is 0 Å². The minimum Gasteiger partial charge on any atom is -0.478 e. The summed E-state index contributed by atoms with van der Waals surface area (Å²) in [6.07, 6.45) is 1.71. The Kier molecular flexibility index (Phi) is 3.74. The number of hydrogen-bond donors (Lipinski definition) is 1. The number of halogens is 1. The number of carbonyl (C=O) groups is 1. The fourth-order valence-corrected chi connectivity index (χ4v) is 1.66. The molecule has 0 saturated heterocycles. The van der Waals surface area contributed by atoms with Gasteiger partial charge in [0.25, 0.3) is 0 Å². The Balaban J connectivity index is 2.44. The first kappa shape index (κ1) is 14.3. The van der Waals surface area contributed by atoms with Crippen molar-refractivity contribution in [3.05, 3.63) is 68.1 Å². The van der Waals surface area contributed by atoms with Crippen molar-refractivity contribution < 1.29 is 19.2 Å². The van der Waals surface area contributed by atoms with Crippen LogP contribution in [0.2, 0.25) is 0 Å². The molecule has 108 valence electrons. The molecule has 1 N–H and O–H groups in total. The van der Waals surface area contributed by atoms with Crippen LogP contribution in [-0.4, -0.2) is 25.6 Å². The molecule has 0 radical (unpaired) electrons. The van der Waals surface area contributed by atoms with Crippen LogP contribution in [0.25, 0.3) is 0 Å². The predicted molar refractivity (Wildman–Crippen MR) is 67.6 cm³/mol. The molecule has 0 amide bonds. The van der Waals surface area contributed by atoms with E-state index in [1.54, 1.807) is 0 Å². The van der Waals surface area contributed by atoms with Crippen LogP contribution in [0, 0.1) is 15.9 Å². The molecular weight excluding hydrogens is 285 g/mol. The van der Waals surface area contributed by atoms with Gasteiger partial charge in [-0.15, -0.1) is 0 Å². The van der Waals surface area contributed by atoms with Crippen LogP contribution in [0.15, 0.2) is 35.4 Å². The van der Waals surface area contributed by atoms with Crippen LogP contribution < -0.4 is 5.69 Å². The van der Waals surface area contributed by atoms with Gasteiger partial charge in [-0.2, -0.15) is 4.98 Å². The molecule has 0 aliphatic rings. The molecule has 2 rings (SSSR count). The summed E-state index contributed by atoms with van der Waals surface area (Å²) in [7, 11) is 0. The van der Waals surface area contributed by atoms with Gasteiger partial charge in [0.15, 0.2) is 0 Å². The highest BCUT2D eigenvalue weighted by molar-refractivity contribution is 5.87. The number of aromatic carboxylic acids is 1. The first-order valence-electron chi connectivity index (χ1n) is 5.61. The average Bonchev–Trinajstić information content (AvgIpc) is 2.43. The summed E-state index contributed by atoms with van der Waals surface area (Å²) in [5.74, 6) is -1.97. The number of rotatable bonds is 4. The van der Waals surface area contributed by atoms with Crippen molar-refractivity contribution in [3.8, 4) is 0 Å². The number of nitro groups is 1. The topological polar surface area (TPSA) is 115 Å². The third-order valence-electron chi connectivity index (χ3n) is 2.69. The standard InChI is InChI=1S/C12H8FN3O5/c13-10-2-1-7(11(17)18)3-8(10)5-15-6-9(16(20)21)4-14-12(15)19/h1-4,6H,5H2,(H,17,18). The van der Waals surface area contributed by atoms with Crippen molar-refractivity contribution in [2.24, 2.45) is 0 Å². The molecule has 1 heterocycles. The van der Waals surface area contributed by atoms with Crippen molar-refractivity contribution in [1.82, 2.24) is 9.55 Å². The summed E-state index contributed by atoms with van der Waals surface area (Å²) in [4.78, 5) is 35.5. The van der Waals surface area contributed by atoms with Crippen LogP contribution in [0.3, 0.4) is 0 Å². The zero-order valence-electron chi connectivity index (χ0n) is 10.4. The van der Waals surface area contributed by atoms with Gasteiger partial charge < -0.3 is 5.11 Å². The Morgan fingerprint density at radius 1 is 1.48 bits per heavy atom. The van der Waals surface area contributed by atoms with E-state index in [4.69, 9.17) is 5.11 Å². The molecule has 1 aromatic carbocycles. The smallest absolute Gasteiger partial charge is 0.348 e. The molecule has 2 aromatic rings. The average molecular weight is 293 g/mol. The normalized spacial score (nSPS) is 10.3. The molecule has 0 bridgehead atoms. The third-order valence-corrected chi connectivity index (χ3v) is 2.69. The maximum Gasteiger partial charge on any atom is 0.348 e. The zero-order valence-corrected chi connectivity index (χ0v) is 10.4. The summed E-state index contributed by atoms with van der Waals surface area (Å²) in [6.45, 7) is -0.361. The molecule has 1 aromatic heterocycles. The second kappa shape index (κ2) is 5.49. The monoisotopic (exact) mass is 293 g/mol. The molecule has 21 heavy (non-hydrogen) atoms. The molecule has 0 aliphatic heterocycles. The molecule has 0 spiro atoms. The van der Waals surface area contributed by atoms with Gasteiger partial charge in [-0.3, -0.25) is 14.7 Å². The Labute approximate surface area is 116 Å². The van der Waals surface area contributed by atoms with E-state index in [9.17, 15) is 24.1 Å². The van der Waals surface area contributed by atoms with E-state index in [-0.39, 0.29) is 17.7 Å². The Bertz CT molecular complexity index is 787. The van der Waals surface area contributed by atoms with Crippen LogP contribution in [0.1, 0.15) is 15.9 Å². The predicted octanol–water partition coefficient (Wildman–Crippen LogP) is 1.04. The van der Waals surface area contributed by atoms with E-state index in [2.05, 4.69) is 4.98 Å². The van der Waals surface area contributed by atoms with Gasteiger partial charge in [0, 0.05) is 5.56 Å². The molecular formula is C12H8FN3O5. The van der Waals surface area contributed by atoms with Gasteiger partial charge in [-0.25, -0.2) is 14.0 Å². The van der Waals surface area contributed by atoms with E-state index < -0.39 is 28.1 Å². The van der Waals surface area contributed by atoms with Crippen molar-refractivity contribution in [3.63, 3.8) is 0 Å². The highest BCUT2D eigenvalue weighted by atomic mass is 19.1. The number of aromatic nitrogens is 2. The van der Waals surface area contributed by atoms with Gasteiger partial charge in [0.1, 0.15) is 12.0 Å². The van der Waals surface area contributed by atoms with Crippen LogP contribution in [-0.2, 0) is 6.54 Å². The van der Waals surface area contributed by atoms with Gasteiger partial charge in [-0.1, -0.05) is 0 Å². The lowest BCUT2D eigenvalue weighted by atomic mass is 10.1. The number of hydrogen-bond acceptors (Lipinski definition) is 5. The molecule has 9 heteroatoms. The second-order valence-electron chi connectivity index (χ2n) is 4.09. The summed E-state index contributed by atoms with van der Waals surface area (Å²) in [5.41, 5.74) is -1.47. The SMILES string of the molecule is O=C(O)c1ccc(F)c(Cn2cc([N+](=O)[O-])cnc2=O)c1. The Morgan fingerprint density at radius 3 is 2.81 bits per heavy atom. The van der Waals surface area contributed by atoms with Gasteiger partial charge in [-0.05, 0) is 18.2 Å². The largest absolute Gasteiger partial charge is 0.478 e. The molecule has 0 fully saturated rings. The fourth-order valence-electron chi connectivity index (χ4n) is 1.66. The molecule has 0 saturated carbocycles. The van der Waals surface area contributed by atoms with E-state index >= 15 is 0 Å². The molecule has 0 aliphatic carbocycles. The van der Waals surface area contributed by atoms with Crippen molar-refractivity contribution in [1.29, 1.82) is 0 Å². The molecule has 8 nitrogen and oxygen atoms in total. The van der Waals surface area contributed by atoms with Gasteiger partial charge in [0.05, 0.1) is 23.2 Å². The van der Waals surface area contributed by atoms with Crippen LogP contribution >= 0.6 is 0 Å². The maximum atomic E-state index is 13.6. The zero-order chi connectivity index (χ0) is 15.6. The fraction of sp³-hybridized carbons (Fsp3) is 0.0833. The number of carboxylic acid groups (broad SMARTS) is 1. The highest BCUT2D eigenvalue weighted by Crippen LogP contribution is 2.13. The number of carboxylic acids is 1. The molecule has 0 unspecified atom stereocenters. The Morgan fingerprint density at radius 2 is 2.19 bits per heavy atom. The van der Waals surface area contributed by atoms with Crippen molar-refractivity contribution >= 4 is 11.7 Å². The van der Waals surface area contributed by atoms with E-state index in [0.29, 0.717) is 0 Å². The summed E-state index contributed by atoms with van der Waals surface area (Å²) < 4.78 is 14.5. The van der Waals surface area contributed by atoms with Gasteiger partial charge >= 0.3 is 17.3 Å². The maximum absolute atomic E-state index is 13.6. The summed E-state index contributed by atoms with van der Waals surface area (Å²) in [5, 5.41) is 19.5. The summed E-state index contributed by atoms with van der Waals surface area (Å²) in [6, 6.07) is 3.09. The van der Waals surface area contributed by atoms with Crippen molar-refractivity contribution in [2.75, 3.05) is 0 Å². The number of benzene rings is 1. The first-order valence-corrected chi connectivity index (χ1v) is 5.61. The first-order chi connectivity index (χ1) is 9.88. The lowest BCUT2D eigenvalue weighted by molar-refractivity contribution is -0.385. The quantitative estimate of drug-likeness (QED) is 0.665. The molecule has 0 atom stereocenters. The number of nitrogens with zero attached hydrogens (tertiary/aromatic N) is 3. The van der Waals surface area contributed by atoms with E-state index in [1.165, 1.54) is 0 Å². The lowest BCUT2D eigenvalue weighted by Crippen LogP contribution is -2.23. The van der Waals surface area contributed by atoms with Crippen molar-refractivity contribution in [2.45, 2.75) is 6.54 Å². The van der Waals surface area contributed by atoms with Crippen LogP contribution in [0.5, 0.6) is 0 Å². The highest BCUT2D eigenvalue weighted by Gasteiger charge is 2.13. The minimum absolute atomic E-state index is 0.0840. The Hall–Kier alpha value is -3.10. The minimum atomic E-state index is -1.25. The summed E-state index contributed by atoms with van der Waals surface area (Å²) >= 11 is 0. The third kappa shape index (κ3) is 3.08. The van der Waals surface area contributed by atoms with Crippen LogP contribution in [0.4, 0.5) is 10.1 Å². The van der Waals surface area contributed by atoms with Gasteiger partial charge in [0.2, 0.25) is 0 Å². The second-order valence-corrected chi connectivity index (χ2v) is 4.09. The lowest BCUT2D eigenvalue weighted by Gasteiger charge is -2.07. The van der Waals surface area contributed by atoms with E-state index in [0.717, 1.165) is 35.2 Å².